The van der Waals surface area contributed by atoms with Gasteiger partial charge in [-0.25, -0.2) is 4.39 Å². The summed E-state index contributed by atoms with van der Waals surface area (Å²) in [6.07, 6.45) is 3.26. The van der Waals surface area contributed by atoms with Crippen molar-refractivity contribution in [3.05, 3.63) is 65.5 Å². The number of benzene rings is 2. The van der Waals surface area contributed by atoms with Gasteiger partial charge in [0, 0.05) is 11.6 Å². The molecule has 1 atom stereocenters. The minimum Gasteiger partial charge on any atom is -0.388 e. The normalized spacial score (nSPS) is 16.6. The number of anilines is 1. The van der Waals surface area contributed by atoms with Gasteiger partial charge in [0.2, 0.25) is 5.91 Å². The Morgan fingerprint density at radius 3 is 2.53 bits per heavy atom. The van der Waals surface area contributed by atoms with Crippen molar-refractivity contribution in [1.29, 1.82) is 0 Å². The predicted molar refractivity (Wildman–Crippen MR) is 119 cm³/mol. The summed E-state index contributed by atoms with van der Waals surface area (Å²) in [5.74, 6) is 0.256. The fraction of sp³-hybridized carbons (Fsp3) is 0.480. The van der Waals surface area contributed by atoms with Gasteiger partial charge in [-0.3, -0.25) is 4.79 Å². The number of likely N-dealkylation sites (tertiary alicyclic amines) is 1. The summed E-state index contributed by atoms with van der Waals surface area (Å²) in [7, 11) is 0. The van der Waals surface area contributed by atoms with Gasteiger partial charge in [0.05, 0.1) is 6.10 Å². The smallest absolute Gasteiger partial charge is 0.226 e. The second-order valence-corrected chi connectivity index (χ2v) is 8.59. The van der Waals surface area contributed by atoms with Crippen molar-refractivity contribution in [2.24, 2.45) is 5.92 Å². The molecular formula is C25H33FN2O2. The number of aliphatic hydroxyl groups is 1. The van der Waals surface area contributed by atoms with E-state index in [1.165, 1.54) is 17.7 Å². The van der Waals surface area contributed by atoms with Gasteiger partial charge in [0.15, 0.2) is 0 Å². The second-order valence-electron chi connectivity index (χ2n) is 8.59. The van der Waals surface area contributed by atoms with Crippen LogP contribution in [0.4, 0.5) is 10.1 Å². The van der Waals surface area contributed by atoms with E-state index in [-0.39, 0.29) is 17.6 Å². The highest BCUT2D eigenvalue weighted by Gasteiger charge is 2.21. The van der Waals surface area contributed by atoms with Crippen LogP contribution < -0.4 is 5.32 Å². The molecule has 1 amide bonds. The highest BCUT2D eigenvalue weighted by atomic mass is 19.1. The van der Waals surface area contributed by atoms with Crippen LogP contribution in [0.3, 0.4) is 0 Å². The van der Waals surface area contributed by atoms with Crippen LogP contribution in [0.2, 0.25) is 0 Å². The maximum absolute atomic E-state index is 13.0. The number of nitrogens with one attached hydrogen (secondary N) is 1. The first-order valence-corrected chi connectivity index (χ1v) is 11.0. The number of aliphatic hydroxyl groups excluding tert-OH is 1. The van der Waals surface area contributed by atoms with Gasteiger partial charge >= 0.3 is 0 Å². The number of halogens is 1. The minimum absolute atomic E-state index is 0.0292. The second kappa shape index (κ2) is 10.7. The number of nitrogens with zero attached hydrogens (tertiary/aromatic N) is 1. The molecule has 0 radical (unpaired) electrons. The lowest BCUT2D eigenvalue weighted by Crippen LogP contribution is -2.33. The van der Waals surface area contributed by atoms with Gasteiger partial charge in [-0.05, 0) is 86.6 Å². The van der Waals surface area contributed by atoms with Crippen LogP contribution in [-0.4, -0.2) is 35.5 Å². The van der Waals surface area contributed by atoms with Crippen molar-refractivity contribution >= 4 is 11.6 Å². The highest BCUT2D eigenvalue weighted by Crippen LogP contribution is 2.30. The maximum atomic E-state index is 13.0. The number of piperidine rings is 1. The van der Waals surface area contributed by atoms with E-state index in [0.29, 0.717) is 12.3 Å². The van der Waals surface area contributed by atoms with Crippen LogP contribution in [0.5, 0.6) is 0 Å². The molecule has 162 valence electrons. The molecule has 0 bridgehead atoms. The number of amides is 1. The molecule has 1 fully saturated rings. The topological polar surface area (TPSA) is 52.6 Å². The van der Waals surface area contributed by atoms with Crippen LogP contribution >= 0.6 is 0 Å². The summed E-state index contributed by atoms with van der Waals surface area (Å²) in [6.45, 7) is 6.84. The molecule has 5 heteroatoms. The summed E-state index contributed by atoms with van der Waals surface area (Å²) < 4.78 is 13.0. The molecule has 2 aromatic carbocycles. The largest absolute Gasteiger partial charge is 0.388 e. The highest BCUT2D eigenvalue weighted by molar-refractivity contribution is 5.92. The Morgan fingerprint density at radius 1 is 1.17 bits per heavy atom. The van der Waals surface area contributed by atoms with Crippen LogP contribution in [0.25, 0.3) is 0 Å². The predicted octanol–water partition coefficient (Wildman–Crippen LogP) is 5.11. The molecule has 1 heterocycles. The van der Waals surface area contributed by atoms with Gasteiger partial charge in [0.25, 0.3) is 0 Å². The van der Waals surface area contributed by atoms with Crippen molar-refractivity contribution in [2.75, 3.05) is 25.0 Å². The summed E-state index contributed by atoms with van der Waals surface area (Å²) >= 11 is 0. The third kappa shape index (κ3) is 6.38. The lowest BCUT2D eigenvalue weighted by atomic mass is 9.89. The van der Waals surface area contributed by atoms with E-state index >= 15 is 0 Å². The quantitative estimate of drug-likeness (QED) is 0.633. The first-order chi connectivity index (χ1) is 14.4. The molecule has 30 heavy (non-hydrogen) atoms. The molecule has 1 aliphatic heterocycles. The molecule has 2 N–H and O–H groups in total. The zero-order valence-corrected chi connectivity index (χ0v) is 18.0. The van der Waals surface area contributed by atoms with Gasteiger partial charge < -0.3 is 15.3 Å². The number of rotatable bonds is 8. The Morgan fingerprint density at radius 2 is 1.87 bits per heavy atom. The van der Waals surface area contributed by atoms with Gasteiger partial charge in [-0.2, -0.15) is 0 Å². The van der Waals surface area contributed by atoms with E-state index in [9.17, 15) is 14.3 Å². The zero-order valence-electron chi connectivity index (χ0n) is 18.0. The summed E-state index contributed by atoms with van der Waals surface area (Å²) in [5.41, 5.74) is 2.95. The monoisotopic (exact) mass is 412 g/mol. The minimum atomic E-state index is -0.535. The SMILES string of the molecule is CC(C)C(=O)Nc1cccc(C2CCN(CCCC(O)c3ccc(F)cc3)CC2)c1. The van der Waals surface area contributed by atoms with E-state index in [4.69, 9.17) is 0 Å². The Bertz CT molecular complexity index is 814. The standard InChI is InChI=1S/C25H33FN2O2/c1-18(2)25(30)27-23-6-3-5-21(17-23)19-12-15-28(16-13-19)14-4-7-24(29)20-8-10-22(26)11-9-20/h3,5-6,8-11,17-19,24,29H,4,7,12-16H2,1-2H3,(H,27,30). The summed E-state index contributed by atoms with van der Waals surface area (Å²) in [4.78, 5) is 14.4. The van der Waals surface area contributed by atoms with E-state index in [1.54, 1.807) is 12.1 Å². The molecule has 1 aliphatic rings. The van der Waals surface area contributed by atoms with Crippen molar-refractivity contribution in [3.8, 4) is 0 Å². The zero-order chi connectivity index (χ0) is 21.5. The van der Waals surface area contributed by atoms with Crippen molar-refractivity contribution in [1.82, 2.24) is 4.90 Å². The third-order valence-corrected chi connectivity index (χ3v) is 5.94. The average molecular weight is 413 g/mol. The Kier molecular flexibility index (Phi) is 8.00. The van der Waals surface area contributed by atoms with E-state index in [1.807, 2.05) is 26.0 Å². The number of carbonyl (C=O) groups is 1. The maximum Gasteiger partial charge on any atom is 0.226 e. The van der Waals surface area contributed by atoms with Crippen LogP contribution in [0.15, 0.2) is 48.5 Å². The fourth-order valence-corrected chi connectivity index (χ4v) is 4.01. The van der Waals surface area contributed by atoms with Crippen molar-refractivity contribution in [3.63, 3.8) is 0 Å². The van der Waals surface area contributed by atoms with Crippen LogP contribution in [0.1, 0.15) is 62.7 Å². The molecular weight excluding hydrogens is 379 g/mol. The lowest BCUT2D eigenvalue weighted by molar-refractivity contribution is -0.118. The van der Waals surface area contributed by atoms with Gasteiger partial charge in [0.1, 0.15) is 5.82 Å². The number of hydrogen-bond donors (Lipinski definition) is 2. The molecule has 1 unspecified atom stereocenters. The first kappa shape index (κ1) is 22.4. The third-order valence-electron chi connectivity index (χ3n) is 5.94. The Balaban J connectivity index is 1.42. The molecule has 0 aliphatic carbocycles. The van der Waals surface area contributed by atoms with Gasteiger partial charge in [-0.1, -0.05) is 38.1 Å². The molecule has 2 aromatic rings. The molecule has 3 rings (SSSR count). The number of carbonyl (C=O) groups excluding carboxylic acids is 1. The number of hydrogen-bond acceptors (Lipinski definition) is 3. The van der Waals surface area contributed by atoms with Crippen LogP contribution in [0, 0.1) is 11.7 Å². The Hall–Kier alpha value is -2.24. The lowest BCUT2D eigenvalue weighted by Gasteiger charge is -2.32. The molecule has 1 saturated heterocycles. The molecule has 0 spiro atoms. The summed E-state index contributed by atoms with van der Waals surface area (Å²) in [6, 6.07) is 14.3. The van der Waals surface area contributed by atoms with Crippen LogP contribution in [-0.2, 0) is 4.79 Å². The molecule has 0 saturated carbocycles. The fourth-order valence-electron chi connectivity index (χ4n) is 4.01. The van der Waals surface area contributed by atoms with E-state index in [2.05, 4.69) is 22.3 Å². The van der Waals surface area contributed by atoms with Crippen molar-refractivity contribution < 1.29 is 14.3 Å². The molecule has 0 aromatic heterocycles. The van der Waals surface area contributed by atoms with Gasteiger partial charge in [-0.15, -0.1) is 0 Å². The Labute approximate surface area is 179 Å². The average Bonchev–Trinajstić information content (AvgIpc) is 2.75. The van der Waals surface area contributed by atoms with E-state index < -0.39 is 6.10 Å². The first-order valence-electron chi connectivity index (χ1n) is 11.0. The van der Waals surface area contributed by atoms with E-state index in [0.717, 1.165) is 50.1 Å². The summed E-state index contributed by atoms with van der Waals surface area (Å²) in [5, 5.41) is 13.3. The molecule has 4 nitrogen and oxygen atoms in total. The van der Waals surface area contributed by atoms with Crippen molar-refractivity contribution in [2.45, 2.75) is 51.6 Å².